The normalized spacial score (nSPS) is 11.1. The number of sulfonamides is 1. The Morgan fingerprint density at radius 1 is 1.04 bits per heavy atom. The number of rotatable bonds is 5. The minimum absolute atomic E-state index is 0.137. The highest BCUT2D eigenvalue weighted by Gasteiger charge is 2.19. The number of carbonyl (C=O) groups excluding carboxylic acids is 1. The Bertz CT molecular complexity index is 811. The Labute approximate surface area is 136 Å². The van der Waals surface area contributed by atoms with E-state index in [1.165, 1.54) is 12.1 Å². The molecule has 2 aromatic rings. The number of anilines is 1. The van der Waals surface area contributed by atoms with E-state index in [9.17, 15) is 13.2 Å². The molecule has 2 rings (SSSR count). The monoisotopic (exact) mass is 333 g/mol. The average molecular weight is 333 g/mol. The van der Waals surface area contributed by atoms with Crippen molar-refractivity contribution in [1.29, 1.82) is 0 Å². The van der Waals surface area contributed by atoms with Crippen LogP contribution in [0.3, 0.4) is 0 Å². The third-order valence-corrected chi connectivity index (χ3v) is 4.63. The molecule has 0 saturated carbocycles. The van der Waals surface area contributed by atoms with Crippen LogP contribution in [0.25, 0.3) is 0 Å². The Morgan fingerprint density at radius 3 is 2.26 bits per heavy atom. The van der Waals surface area contributed by atoms with Crippen molar-refractivity contribution in [2.24, 2.45) is 0 Å². The lowest BCUT2D eigenvalue weighted by atomic mass is 10.1. The second-order valence-electron chi connectivity index (χ2n) is 5.19. The lowest BCUT2D eigenvalue weighted by Gasteiger charge is -2.13. The lowest BCUT2D eigenvalue weighted by molar-refractivity contribution is 0.0527. The van der Waals surface area contributed by atoms with Gasteiger partial charge in [0.1, 0.15) is 0 Å². The highest BCUT2D eigenvalue weighted by Crippen LogP contribution is 2.22. The Balaban J connectivity index is 2.39. The van der Waals surface area contributed by atoms with Crippen LogP contribution in [0.5, 0.6) is 0 Å². The number of ether oxygens (including phenoxy) is 1. The van der Waals surface area contributed by atoms with Crippen LogP contribution in [0, 0.1) is 13.8 Å². The van der Waals surface area contributed by atoms with Gasteiger partial charge in [-0.2, -0.15) is 0 Å². The molecular formula is C17H19NO4S. The van der Waals surface area contributed by atoms with Crippen LogP contribution in [0.15, 0.2) is 47.4 Å². The first kappa shape index (κ1) is 17.0. The Morgan fingerprint density at radius 2 is 1.65 bits per heavy atom. The van der Waals surface area contributed by atoms with Crippen molar-refractivity contribution >= 4 is 21.7 Å². The summed E-state index contributed by atoms with van der Waals surface area (Å²) < 4.78 is 32.4. The van der Waals surface area contributed by atoms with Crippen molar-refractivity contribution in [2.45, 2.75) is 25.7 Å². The fraction of sp³-hybridized carbons (Fsp3) is 0.235. The van der Waals surface area contributed by atoms with Crippen LogP contribution in [0.1, 0.15) is 28.4 Å². The van der Waals surface area contributed by atoms with Crippen LogP contribution in [0.4, 0.5) is 5.69 Å². The van der Waals surface area contributed by atoms with Crippen LogP contribution < -0.4 is 4.72 Å². The topological polar surface area (TPSA) is 72.5 Å². The molecule has 0 saturated heterocycles. The molecule has 0 amide bonds. The third kappa shape index (κ3) is 4.10. The zero-order chi connectivity index (χ0) is 17.0. The van der Waals surface area contributed by atoms with Crippen molar-refractivity contribution in [2.75, 3.05) is 11.3 Å². The van der Waals surface area contributed by atoms with Crippen LogP contribution in [-0.4, -0.2) is 21.0 Å². The minimum atomic E-state index is -3.77. The summed E-state index contributed by atoms with van der Waals surface area (Å²) in [4.78, 5) is 12.2. The number of hydrogen-bond acceptors (Lipinski definition) is 4. The lowest BCUT2D eigenvalue weighted by Crippen LogP contribution is -2.16. The Hall–Kier alpha value is -2.34. The second-order valence-corrected chi connectivity index (χ2v) is 6.87. The minimum Gasteiger partial charge on any atom is -0.462 e. The summed E-state index contributed by atoms with van der Waals surface area (Å²) in [6.07, 6.45) is 0. The number of carbonyl (C=O) groups is 1. The molecule has 0 aliphatic heterocycles. The van der Waals surface area contributed by atoms with E-state index in [1.807, 2.05) is 13.8 Å². The number of aryl methyl sites for hydroxylation is 2. The fourth-order valence-corrected chi connectivity index (χ4v) is 3.13. The van der Waals surface area contributed by atoms with Gasteiger partial charge in [-0.15, -0.1) is 0 Å². The first-order valence-corrected chi connectivity index (χ1v) is 8.69. The second kappa shape index (κ2) is 6.83. The van der Waals surface area contributed by atoms with Gasteiger partial charge in [-0.3, -0.25) is 4.72 Å². The molecule has 1 N–H and O–H groups in total. The molecule has 122 valence electrons. The average Bonchev–Trinajstić information content (AvgIpc) is 2.49. The van der Waals surface area contributed by atoms with E-state index in [4.69, 9.17) is 4.74 Å². The summed E-state index contributed by atoms with van der Waals surface area (Å²) in [5.41, 5.74) is 2.20. The zero-order valence-corrected chi connectivity index (χ0v) is 14.1. The number of esters is 1. The molecule has 0 aromatic heterocycles. The SMILES string of the molecule is CCOC(=O)c1cc(C)ccc1NS(=O)(=O)c1ccc(C)cc1. The van der Waals surface area contributed by atoms with E-state index >= 15 is 0 Å². The van der Waals surface area contributed by atoms with E-state index in [2.05, 4.69) is 4.72 Å². The molecule has 5 nitrogen and oxygen atoms in total. The van der Waals surface area contributed by atoms with Gasteiger partial charge in [-0.25, -0.2) is 13.2 Å². The fourth-order valence-electron chi connectivity index (χ4n) is 2.05. The maximum absolute atomic E-state index is 12.5. The number of benzene rings is 2. The predicted molar refractivity (Wildman–Crippen MR) is 89.1 cm³/mol. The molecule has 0 bridgehead atoms. The molecule has 0 heterocycles. The molecule has 0 unspecified atom stereocenters. The summed E-state index contributed by atoms with van der Waals surface area (Å²) in [5, 5.41) is 0. The molecule has 0 spiro atoms. The van der Waals surface area contributed by atoms with Gasteiger partial charge in [0.25, 0.3) is 10.0 Å². The standard InChI is InChI=1S/C17H19NO4S/c1-4-22-17(19)15-11-13(3)7-10-16(15)18-23(20,21)14-8-5-12(2)6-9-14/h5-11,18H,4H2,1-3H3. The molecular weight excluding hydrogens is 314 g/mol. The van der Waals surface area contributed by atoms with Gasteiger partial charge in [-0.05, 0) is 45.0 Å². The molecule has 0 aliphatic rings. The van der Waals surface area contributed by atoms with Crippen molar-refractivity contribution in [3.63, 3.8) is 0 Å². The number of hydrogen-bond donors (Lipinski definition) is 1. The van der Waals surface area contributed by atoms with Gasteiger partial charge in [0.15, 0.2) is 0 Å². The van der Waals surface area contributed by atoms with E-state index in [0.717, 1.165) is 11.1 Å². The van der Waals surface area contributed by atoms with Gasteiger partial charge < -0.3 is 4.74 Å². The molecule has 2 aromatic carbocycles. The molecule has 6 heteroatoms. The van der Waals surface area contributed by atoms with Crippen molar-refractivity contribution < 1.29 is 17.9 Å². The van der Waals surface area contributed by atoms with Crippen LogP contribution >= 0.6 is 0 Å². The molecule has 23 heavy (non-hydrogen) atoms. The first-order chi connectivity index (χ1) is 10.8. The van der Waals surface area contributed by atoms with E-state index in [1.54, 1.807) is 37.3 Å². The molecule has 0 radical (unpaired) electrons. The van der Waals surface area contributed by atoms with Crippen molar-refractivity contribution in [3.05, 3.63) is 59.2 Å². The summed E-state index contributed by atoms with van der Waals surface area (Å²) >= 11 is 0. The Kier molecular flexibility index (Phi) is 5.05. The smallest absolute Gasteiger partial charge is 0.340 e. The zero-order valence-electron chi connectivity index (χ0n) is 13.3. The first-order valence-electron chi connectivity index (χ1n) is 7.21. The van der Waals surface area contributed by atoms with E-state index in [0.29, 0.717) is 0 Å². The van der Waals surface area contributed by atoms with Crippen molar-refractivity contribution in [1.82, 2.24) is 0 Å². The summed E-state index contributed by atoms with van der Waals surface area (Å²) in [6, 6.07) is 11.4. The number of nitrogens with one attached hydrogen (secondary N) is 1. The third-order valence-electron chi connectivity index (χ3n) is 3.25. The largest absolute Gasteiger partial charge is 0.462 e. The maximum Gasteiger partial charge on any atom is 0.340 e. The van der Waals surface area contributed by atoms with Gasteiger partial charge in [0.2, 0.25) is 0 Å². The molecule has 0 aliphatic carbocycles. The van der Waals surface area contributed by atoms with Gasteiger partial charge in [0.05, 0.1) is 22.8 Å². The van der Waals surface area contributed by atoms with Crippen LogP contribution in [0.2, 0.25) is 0 Å². The summed E-state index contributed by atoms with van der Waals surface area (Å²) in [6.45, 7) is 5.62. The van der Waals surface area contributed by atoms with Crippen LogP contribution in [-0.2, 0) is 14.8 Å². The highest BCUT2D eigenvalue weighted by atomic mass is 32.2. The van der Waals surface area contributed by atoms with Crippen molar-refractivity contribution in [3.8, 4) is 0 Å². The quantitative estimate of drug-likeness (QED) is 0.852. The maximum atomic E-state index is 12.5. The summed E-state index contributed by atoms with van der Waals surface area (Å²) in [7, 11) is -3.77. The summed E-state index contributed by atoms with van der Waals surface area (Å²) in [5.74, 6) is -0.558. The molecule has 0 atom stereocenters. The van der Waals surface area contributed by atoms with Gasteiger partial charge in [-0.1, -0.05) is 29.3 Å². The van der Waals surface area contributed by atoms with Gasteiger partial charge in [0, 0.05) is 0 Å². The molecule has 0 fully saturated rings. The predicted octanol–water partition coefficient (Wildman–Crippen LogP) is 3.28. The highest BCUT2D eigenvalue weighted by molar-refractivity contribution is 7.92. The van der Waals surface area contributed by atoms with E-state index < -0.39 is 16.0 Å². The van der Waals surface area contributed by atoms with E-state index in [-0.39, 0.29) is 22.8 Å². The van der Waals surface area contributed by atoms with Gasteiger partial charge >= 0.3 is 5.97 Å².